The van der Waals surface area contributed by atoms with Crippen LogP contribution in [-0.4, -0.2) is 24.7 Å². The molecule has 2 rings (SSSR count). The van der Waals surface area contributed by atoms with E-state index in [2.05, 4.69) is 44.3 Å². The van der Waals surface area contributed by atoms with Crippen molar-refractivity contribution >= 4 is 17.4 Å². The molecule has 1 saturated heterocycles. The van der Waals surface area contributed by atoms with Gasteiger partial charge in [0.25, 0.3) is 0 Å². The van der Waals surface area contributed by atoms with Gasteiger partial charge in [0, 0.05) is 11.8 Å². The summed E-state index contributed by atoms with van der Waals surface area (Å²) >= 11 is 2.04. The number of aryl methyl sites for hydroxylation is 1. The molecule has 1 aliphatic rings. The highest BCUT2D eigenvalue weighted by Gasteiger charge is 2.28. The van der Waals surface area contributed by atoms with Gasteiger partial charge in [-0.2, -0.15) is 11.8 Å². The standard InChI is InChI=1S/C15H23NOS/c1-11-5-6-13(14(7-11)17-4)16-12-8-15(2,3)10-18-9-12/h5-7,12,16H,8-10H2,1-4H3. The lowest BCUT2D eigenvalue weighted by Gasteiger charge is -2.35. The molecule has 18 heavy (non-hydrogen) atoms. The number of nitrogens with one attached hydrogen (secondary N) is 1. The molecule has 0 aromatic heterocycles. The Labute approximate surface area is 114 Å². The number of anilines is 1. The third-order valence-corrected chi connectivity index (χ3v) is 4.95. The normalized spacial score (nSPS) is 22.6. The second-order valence-corrected chi connectivity index (χ2v) is 6.96. The summed E-state index contributed by atoms with van der Waals surface area (Å²) in [5.41, 5.74) is 2.78. The molecule has 1 aliphatic heterocycles. The number of methoxy groups -OCH3 is 1. The van der Waals surface area contributed by atoms with Gasteiger partial charge in [0.05, 0.1) is 12.8 Å². The minimum absolute atomic E-state index is 0.429. The Hall–Kier alpha value is -0.830. The molecule has 0 spiro atoms. The Kier molecular flexibility index (Phi) is 4.10. The Morgan fingerprint density at radius 2 is 2.17 bits per heavy atom. The Morgan fingerprint density at radius 3 is 2.83 bits per heavy atom. The van der Waals surface area contributed by atoms with Gasteiger partial charge in [-0.3, -0.25) is 0 Å². The summed E-state index contributed by atoms with van der Waals surface area (Å²) in [6.45, 7) is 6.78. The Morgan fingerprint density at radius 1 is 1.39 bits per heavy atom. The van der Waals surface area contributed by atoms with Crippen LogP contribution >= 0.6 is 11.8 Å². The van der Waals surface area contributed by atoms with Crippen LogP contribution in [-0.2, 0) is 0 Å². The van der Waals surface area contributed by atoms with Crippen LogP contribution < -0.4 is 10.1 Å². The minimum atomic E-state index is 0.429. The van der Waals surface area contributed by atoms with Crippen molar-refractivity contribution in [3.8, 4) is 5.75 Å². The van der Waals surface area contributed by atoms with E-state index in [1.54, 1.807) is 7.11 Å². The summed E-state index contributed by atoms with van der Waals surface area (Å²) < 4.78 is 5.45. The monoisotopic (exact) mass is 265 g/mol. The fourth-order valence-corrected chi connectivity index (χ4v) is 3.77. The average Bonchev–Trinajstić information content (AvgIpc) is 2.30. The summed E-state index contributed by atoms with van der Waals surface area (Å²) in [6.07, 6.45) is 1.22. The van der Waals surface area contributed by atoms with Crippen molar-refractivity contribution in [2.24, 2.45) is 5.41 Å². The molecule has 1 aromatic rings. The minimum Gasteiger partial charge on any atom is -0.495 e. The molecule has 0 saturated carbocycles. The summed E-state index contributed by atoms with van der Waals surface area (Å²) in [5, 5.41) is 3.64. The summed E-state index contributed by atoms with van der Waals surface area (Å²) in [5.74, 6) is 3.39. The highest BCUT2D eigenvalue weighted by Crippen LogP contribution is 2.36. The molecular formula is C15H23NOS. The maximum absolute atomic E-state index is 5.45. The third-order valence-electron chi connectivity index (χ3n) is 3.33. The maximum Gasteiger partial charge on any atom is 0.142 e. The Balaban J connectivity index is 2.09. The molecule has 1 N–H and O–H groups in total. The van der Waals surface area contributed by atoms with E-state index in [0.717, 1.165) is 11.4 Å². The molecule has 0 aliphatic carbocycles. The maximum atomic E-state index is 5.45. The zero-order valence-electron chi connectivity index (χ0n) is 11.7. The van der Waals surface area contributed by atoms with Crippen LogP contribution in [0.1, 0.15) is 25.8 Å². The van der Waals surface area contributed by atoms with E-state index in [4.69, 9.17) is 4.74 Å². The number of rotatable bonds is 3. The van der Waals surface area contributed by atoms with E-state index in [1.165, 1.54) is 23.5 Å². The molecule has 2 nitrogen and oxygen atoms in total. The van der Waals surface area contributed by atoms with Crippen molar-refractivity contribution in [2.75, 3.05) is 23.9 Å². The first kappa shape index (κ1) is 13.6. The summed E-state index contributed by atoms with van der Waals surface area (Å²) in [7, 11) is 1.74. The second kappa shape index (κ2) is 5.43. The van der Waals surface area contributed by atoms with Crippen molar-refractivity contribution in [1.29, 1.82) is 0 Å². The number of hydrogen-bond donors (Lipinski definition) is 1. The SMILES string of the molecule is COc1cc(C)ccc1NC1CSCC(C)(C)C1. The molecule has 1 atom stereocenters. The van der Waals surface area contributed by atoms with Crippen molar-refractivity contribution < 1.29 is 4.74 Å². The molecule has 0 radical (unpaired) electrons. The zero-order chi connectivity index (χ0) is 13.2. The van der Waals surface area contributed by atoms with Gasteiger partial charge < -0.3 is 10.1 Å². The first-order valence-corrected chi connectivity index (χ1v) is 7.64. The van der Waals surface area contributed by atoms with Crippen LogP contribution in [0.2, 0.25) is 0 Å². The topological polar surface area (TPSA) is 21.3 Å². The van der Waals surface area contributed by atoms with Gasteiger partial charge in [0.15, 0.2) is 0 Å². The molecule has 0 bridgehead atoms. The third kappa shape index (κ3) is 3.35. The lowest BCUT2D eigenvalue weighted by Crippen LogP contribution is -2.35. The van der Waals surface area contributed by atoms with Gasteiger partial charge in [0.2, 0.25) is 0 Å². The van der Waals surface area contributed by atoms with E-state index in [9.17, 15) is 0 Å². The van der Waals surface area contributed by atoms with E-state index >= 15 is 0 Å². The second-order valence-electron chi connectivity index (χ2n) is 5.93. The fraction of sp³-hybridized carbons (Fsp3) is 0.600. The number of ether oxygens (including phenoxy) is 1. The first-order valence-electron chi connectivity index (χ1n) is 6.49. The summed E-state index contributed by atoms with van der Waals surface area (Å²) in [6, 6.07) is 6.88. The smallest absolute Gasteiger partial charge is 0.142 e. The van der Waals surface area contributed by atoms with Gasteiger partial charge in [-0.15, -0.1) is 0 Å². The highest BCUT2D eigenvalue weighted by molar-refractivity contribution is 7.99. The lowest BCUT2D eigenvalue weighted by atomic mass is 9.87. The average molecular weight is 265 g/mol. The molecule has 1 fully saturated rings. The van der Waals surface area contributed by atoms with Gasteiger partial charge in [-0.25, -0.2) is 0 Å². The molecule has 100 valence electrons. The first-order chi connectivity index (χ1) is 8.50. The van der Waals surface area contributed by atoms with Crippen LogP contribution in [0.15, 0.2) is 18.2 Å². The Bertz CT molecular complexity index is 417. The fourth-order valence-electron chi connectivity index (χ4n) is 2.49. The zero-order valence-corrected chi connectivity index (χ0v) is 12.6. The van der Waals surface area contributed by atoms with Crippen molar-refractivity contribution in [1.82, 2.24) is 0 Å². The van der Waals surface area contributed by atoms with Crippen LogP contribution in [0.4, 0.5) is 5.69 Å². The predicted molar refractivity (Wildman–Crippen MR) is 80.9 cm³/mol. The van der Waals surface area contributed by atoms with Crippen LogP contribution in [0.5, 0.6) is 5.75 Å². The van der Waals surface area contributed by atoms with Crippen LogP contribution in [0, 0.1) is 12.3 Å². The van der Waals surface area contributed by atoms with Crippen molar-refractivity contribution in [2.45, 2.75) is 33.2 Å². The predicted octanol–water partition coefficient (Wildman–Crippen LogP) is 3.95. The van der Waals surface area contributed by atoms with Gasteiger partial charge in [-0.1, -0.05) is 19.9 Å². The molecule has 0 amide bonds. The van der Waals surface area contributed by atoms with Gasteiger partial charge >= 0.3 is 0 Å². The molecule has 1 aromatic carbocycles. The van der Waals surface area contributed by atoms with Gasteiger partial charge in [0.1, 0.15) is 5.75 Å². The van der Waals surface area contributed by atoms with Crippen molar-refractivity contribution in [3.05, 3.63) is 23.8 Å². The van der Waals surface area contributed by atoms with E-state index in [0.29, 0.717) is 11.5 Å². The molecule has 1 heterocycles. The largest absolute Gasteiger partial charge is 0.495 e. The van der Waals surface area contributed by atoms with E-state index < -0.39 is 0 Å². The lowest BCUT2D eigenvalue weighted by molar-refractivity contribution is 0.357. The number of hydrogen-bond acceptors (Lipinski definition) is 3. The molecule has 1 unspecified atom stereocenters. The van der Waals surface area contributed by atoms with E-state index in [1.807, 2.05) is 11.8 Å². The molecule has 3 heteroatoms. The van der Waals surface area contributed by atoms with Crippen LogP contribution in [0.25, 0.3) is 0 Å². The van der Waals surface area contributed by atoms with E-state index in [-0.39, 0.29) is 0 Å². The van der Waals surface area contributed by atoms with Crippen molar-refractivity contribution in [3.63, 3.8) is 0 Å². The number of benzene rings is 1. The highest BCUT2D eigenvalue weighted by atomic mass is 32.2. The quantitative estimate of drug-likeness (QED) is 0.894. The van der Waals surface area contributed by atoms with Crippen LogP contribution in [0.3, 0.4) is 0 Å². The molecular weight excluding hydrogens is 242 g/mol. The van der Waals surface area contributed by atoms with Gasteiger partial charge in [-0.05, 0) is 42.2 Å². The summed E-state index contributed by atoms with van der Waals surface area (Å²) in [4.78, 5) is 0. The number of thioether (sulfide) groups is 1.